The van der Waals surface area contributed by atoms with Crippen molar-refractivity contribution in [1.82, 2.24) is 0 Å². The number of carbonyl (C=O) groups excluding carboxylic acids is 1. The van der Waals surface area contributed by atoms with E-state index in [1.54, 1.807) is 6.92 Å². The minimum absolute atomic E-state index is 0.175. The predicted molar refractivity (Wildman–Crippen MR) is 110 cm³/mol. The molecule has 5 atom stereocenters. The van der Waals surface area contributed by atoms with Crippen molar-refractivity contribution in [3.63, 3.8) is 0 Å². The van der Waals surface area contributed by atoms with Gasteiger partial charge in [-0.2, -0.15) is 0 Å². The van der Waals surface area contributed by atoms with E-state index in [-0.39, 0.29) is 19.2 Å². The molecule has 0 amide bonds. The van der Waals surface area contributed by atoms with E-state index >= 15 is 0 Å². The van der Waals surface area contributed by atoms with Crippen molar-refractivity contribution in [3.8, 4) is 0 Å². The number of aliphatic hydroxyl groups excluding tert-OH is 3. The molecule has 0 saturated carbocycles. The Morgan fingerprint density at radius 2 is 1.34 bits per heavy atom. The van der Waals surface area contributed by atoms with E-state index in [2.05, 4.69) is 6.92 Å². The third kappa shape index (κ3) is 10.7. The van der Waals surface area contributed by atoms with E-state index in [0.29, 0.717) is 6.42 Å². The lowest BCUT2D eigenvalue weighted by molar-refractivity contribution is -0.300. The molecule has 0 aliphatic carbocycles. The van der Waals surface area contributed by atoms with E-state index < -0.39 is 30.7 Å². The quantitative estimate of drug-likeness (QED) is 0.261. The molecule has 0 aromatic heterocycles. The average Bonchev–Trinajstić information content (AvgIpc) is 2.71. The molecule has 0 bridgehead atoms. The lowest BCUT2D eigenvalue weighted by Gasteiger charge is -2.39. The summed E-state index contributed by atoms with van der Waals surface area (Å²) >= 11 is 0. The molecule has 29 heavy (non-hydrogen) atoms. The zero-order valence-corrected chi connectivity index (χ0v) is 18.3. The molecule has 1 saturated heterocycles. The zero-order chi connectivity index (χ0) is 21.5. The van der Waals surface area contributed by atoms with Crippen molar-refractivity contribution in [3.05, 3.63) is 0 Å². The average molecular weight is 419 g/mol. The van der Waals surface area contributed by atoms with Gasteiger partial charge in [0.05, 0.1) is 0 Å². The maximum absolute atomic E-state index is 11.9. The van der Waals surface area contributed by atoms with Gasteiger partial charge in [0.1, 0.15) is 31.0 Å². The Labute approximate surface area is 175 Å². The summed E-state index contributed by atoms with van der Waals surface area (Å²) < 4.78 is 15.8. The zero-order valence-electron chi connectivity index (χ0n) is 18.3. The van der Waals surface area contributed by atoms with Crippen molar-refractivity contribution in [2.45, 2.75) is 122 Å². The summed E-state index contributed by atoms with van der Waals surface area (Å²) in [5.41, 5.74) is 0. The third-order valence-electron chi connectivity index (χ3n) is 5.39. The van der Waals surface area contributed by atoms with Crippen LogP contribution in [0.2, 0.25) is 0 Å². The summed E-state index contributed by atoms with van der Waals surface area (Å²) in [4.78, 5) is 11.9. The fourth-order valence-electron chi connectivity index (χ4n) is 3.54. The van der Waals surface area contributed by atoms with Gasteiger partial charge in [-0.25, -0.2) is 0 Å². The maximum atomic E-state index is 11.9. The van der Waals surface area contributed by atoms with Crippen LogP contribution < -0.4 is 0 Å². The van der Waals surface area contributed by atoms with E-state index in [1.165, 1.54) is 51.4 Å². The van der Waals surface area contributed by atoms with Gasteiger partial charge in [-0.05, 0) is 13.3 Å². The first-order valence-corrected chi connectivity index (χ1v) is 11.5. The van der Waals surface area contributed by atoms with Crippen LogP contribution >= 0.6 is 0 Å². The predicted octanol–water partition coefficient (Wildman–Crippen LogP) is 3.07. The lowest BCUT2D eigenvalue weighted by atomic mass is 9.99. The molecule has 0 spiro atoms. The molecule has 7 heteroatoms. The molecule has 0 aromatic carbocycles. The van der Waals surface area contributed by atoms with E-state index in [1.807, 2.05) is 0 Å². The number of esters is 1. The van der Waals surface area contributed by atoms with E-state index in [0.717, 1.165) is 19.3 Å². The Bertz CT molecular complexity index is 418. The van der Waals surface area contributed by atoms with Crippen molar-refractivity contribution < 1.29 is 34.3 Å². The van der Waals surface area contributed by atoms with E-state index in [9.17, 15) is 20.1 Å². The van der Waals surface area contributed by atoms with Gasteiger partial charge in [0, 0.05) is 13.0 Å². The second-order valence-corrected chi connectivity index (χ2v) is 7.94. The largest absolute Gasteiger partial charge is 0.463 e. The van der Waals surface area contributed by atoms with Crippen molar-refractivity contribution in [2.24, 2.45) is 0 Å². The highest BCUT2D eigenvalue weighted by atomic mass is 16.7. The lowest BCUT2D eigenvalue weighted by Crippen LogP contribution is -2.59. The van der Waals surface area contributed by atoms with Gasteiger partial charge in [0.25, 0.3) is 0 Å². The standard InChI is InChI=1S/C22H42O7/c1-3-5-6-7-8-9-10-11-12-13-14-15-18(23)28-16-17-19(24)20(25)21(26)22(29-17)27-4-2/h17,19-22,24-26H,3-16H2,1-2H3/t17-,19-,20+,21-,22-/m1/s1. The first-order valence-electron chi connectivity index (χ1n) is 11.5. The van der Waals surface area contributed by atoms with Crippen molar-refractivity contribution >= 4 is 5.97 Å². The number of hydrogen-bond acceptors (Lipinski definition) is 7. The number of carbonyl (C=O) groups is 1. The van der Waals surface area contributed by atoms with Gasteiger partial charge in [-0.1, -0.05) is 71.1 Å². The molecule has 0 unspecified atom stereocenters. The van der Waals surface area contributed by atoms with Gasteiger partial charge in [0.2, 0.25) is 0 Å². The van der Waals surface area contributed by atoms with Gasteiger partial charge in [0.15, 0.2) is 6.29 Å². The number of ether oxygens (including phenoxy) is 3. The van der Waals surface area contributed by atoms with Crippen LogP contribution in [-0.2, 0) is 19.0 Å². The van der Waals surface area contributed by atoms with Gasteiger partial charge >= 0.3 is 5.97 Å². The summed E-state index contributed by atoms with van der Waals surface area (Å²) in [7, 11) is 0. The topological polar surface area (TPSA) is 105 Å². The molecule has 1 rings (SSSR count). The van der Waals surface area contributed by atoms with Crippen LogP contribution in [0.5, 0.6) is 0 Å². The van der Waals surface area contributed by atoms with Crippen LogP contribution in [-0.4, -0.2) is 65.2 Å². The Hall–Kier alpha value is -0.730. The van der Waals surface area contributed by atoms with Crippen molar-refractivity contribution in [1.29, 1.82) is 0 Å². The fourth-order valence-corrected chi connectivity index (χ4v) is 3.54. The fraction of sp³-hybridized carbons (Fsp3) is 0.955. The van der Waals surface area contributed by atoms with E-state index in [4.69, 9.17) is 14.2 Å². The first-order chi connectivity index (χ1) is 14.0. The highest BCUT2D eigenvalue weighted by Gasteiger charge is 2.44. The Morgan fingerprint density at radius 1 is 0.793 bits per heavy atom. The molecule has 1 aliphatic rings. The molecule has 1 heterocycles. The van der Waals surface area contributed by atoms with Crippen LogP contribution in [0, 0.1) is 0 Å². The second kappa shape index (κ2) is 16.0. The highest BCUT2D eigenvalue weighted by Crippen LogP contribution is 2.22. The minimum Gasteiger partial charge on any atom is -0.463 e. The van der Waals surface area contributed by atoms with Crippen molar-refractivity contribution in [2.75, 3.05) is 13.2 Å². The van der Waals surface area contributed by atoms with Crippen LogP contribution in [0.25, 0.3) is 0 Å². The minimum atomic E-state index is -1.41. The maximum Gasteiger partial charge on any atom is 0.305 e. The van der Waals surface area contributed by atoms with Gasteiger partial charge < -0.3 is 29.5 Å². The number of aliphatic hydroxyl groups is 3. The highest BCUT2D eigenvalue weighted by molar-refractivity contribution is 5.69. The number of hydrogen-bond donors (Lipinski definition) is 3. The Kier molecular flexibility index (Phi) is 14.5. The summed E-state index contributed by atoms with van der Waals surface area (Å²) in [5, 5.41) is 29.7. The smallest absolute Gasteiger partial charge is 0.305 e. The molecule has 3 N–H and O–H groups in total. The molecule has 1 fully saturated rings. The monoisotopic (exact) mass is 418 g/mol. The van der Waals surface area contributed by atoms with Crippen LogP contribution in [0.1, 0.15) is 90.9 Å². The molecule has 172 valence electrons. The van der Waals surface area contributed by atoms with Crippen LogP contribution in [0.15, 0.2) is 0 Å². The van der Waals surface area contributed by atoms with Gasteiger partial charge in [-0.15, -0.1) is 0 Å². The molecule has 0 radical (unpaired) electrons. The van der Waals surface area contributed by atoms with Crippen LogP contribution in [0.4, 0.5) is 0 Å². The molecule has 1 aliphatic heterocycles. The third-order valence-corrected chi connectivity index (χ3v) is 5.39. The second-order valence-electron chi connectivity index (χ2n) is 7.94. The number of rotatable bonds is 16. The summed E-state index contributed by atoms with van der Waals surface area (Å²) in [5.74, 6) is -0.342. The number of unbranched alkanes of at least 4 members (excludes halogenated alkanes) is 10. The molecular formula is C22H42O7. The molecular weight excluding hydrogens is 376 g/mol. The summed E-state index contributed by atoms with van der Waals surface area (Å²) in [6.45, 7) is 4.08. The first kappa shape index (κ1) is 26.3. The molecule has 0 aromatic rings. The SMILES string of the molecule is CCCCCCCCCCCCCC(=O)OC[C@H]1O[C@@H](OCC)[C@H](O)[C@@H](O)[C@@H]1O. The Balaban J connectivity index is 2.07. The Morgan fingerprint density at radius 3 is 1.90 bits per heavy atom. The summed E-state index contributed by atoms with van der Waals surface area (Å²) in [6, 6.07) is 0. The van der Waals surface area contributed by atoms with Gasteiger partial charge in [-0.3, -0.25) is 4.79 Å². The normalized spacial score (nSPS) is 27.1. The van der Waals surface area contributed by atoms with Crippen LogP contribution in [0.3, 0.4) is 0 Å². The summed E-state index contributed by atoms with van der Waals surface area (Å²) in [6.07, 6.45) is 7.65. The molecule has 7 nitrogen and oxygen atoms in total.